The van der Waals surface area contributed by atoms with Gasteiger partial charge in [-0.25, -0.2) is 4.39 Å². The lowest BCUT2D eigenvalue weighted by molar-refractivity contribution is -0.131. The molecule has 1 aromatic carbocycles. The number of aryl methyl sites for hydroxylation is 1. The van der Waals surface area contributed by atoms with Gasteiger partial charge in [-0.05, 0) is 42.0 Å². The number of halogens is 1. The molecule has 4 nitrogen and oxygen atoms in total. The Labute approximate surface area is 148 Å². The van der Waals surface area contributed by atoms with E-state index in [-0.39, 0.29) is 17.6 Å². The summed E-state index contributed by atoms with van der Waals surface area (Å²) in [6.45, 7) is 3.44. The van der Waals surface area contributed by atoms with E-state index >= 15 is 0 Å². The zero-order chi connectivity index (χ0) is 17.8. The molecule has 1 aliphatic heterocycles. The summed E-state index contributed by atoms with van der Waals surface area (Å²) in [4.78, 5) is 14.6. The zero-order valence-corrected chi connectivity index (χ0v) is 14.8. The highest BCUT2D eigenvalue weighted by atomic mass is 19.1. The maximum absolute atomic E-state index is 13.3. The molecule has 0 saturated heterocycles. The van der Waals surface area contributed by atoms with Gasteiger partial charge in [-0.2, -0.15) is 5.10 Å². The molecule has 0 fully saturated rings. The van der Waals surface area contributed by atoms with E-state index in [1.165, 1.54) is 6.07 Å². The number of hydrogen-bond acceptors (Lipinski definition) is 2. The SMILES string of the molecule is CC(CC(=O)N1CCC=C(c2cnn(C)c2)C1)Cc1cccc(F)c1. The quantitative estimate of drug-likeness (QED) is 0.835. The third kappa shape index (κ3) is 4.56. The van der Waals surface area contributed by atoms with Crippen LogP contribution in [0.3, 0.4) is 0 Å². The van der Waals surface area contributed by atoms with Crippen LogP contribution in [0.4, 0.5) is 4.39 Å². The van der Waals surface area contributed by atoms with Crippen LogP contribution in [0.2, 0.25) is 0 Å². The summed E-state index contributed by atoms with van der Waals surface area (Å²) in [5.74, 6) is 0.124. The number of rotatable bonds is 5. The van der Waals surface area contributed by atoms with Crippen molar-refractivity contribution in [2.75, 3.05) is 13.1 Å². The molecule has 0 spiro atoms. The van der Waals surface area contributed by atoms with Gasteiger partial charge in [-0.3, -0.25) is 9.48 Å². The molecule has 0 aliphatic carbocycles. The molecular formula is C20H24FN3O. The lowest BCUT2D eigenvalue weighted by atomic mass is 9.96. The zero-order valence-electron chi connectivity index (χ0n) is 14.8. The summed E-state index contributed by atoms with van der Waals surface area (Å²) in [5, 5.41) is 4.21. The Hall–Kier alpha value is -2.43. The second-order valence-corrected chi connectivity index (χ2v) is 6.88. The van der Waals surface area contributed by atoms with Crippen molar-refractivity contribution in [2.24, 2.45) is 13.0 Å². The van der Waals surface area contributed by atoms with Crippen molar-refractivity contribution in [1.82, 2.24) is 14.7 Å². The molecular weight excluding hydrogens is 317 g/mol. The highest BCUT2D eigenvalue weighted by Crippen LogP contribution is 2.22. The van der Waals surface area contributed by atoms with Gasteiger partial charge >= 0.3 is 0 Å². The lowest BCUT2D eigenvalue weighted by Crippen LogP contribution is -2.36. The van der Waals surface area contributed by atoms with E-state index in [2.05, 4.69) is 11.2 Å². The number of aromatic nitrogens is 2. The molecule has 0 saturated carbocycles. The summed E-state index contributed by atoms with van der Waals surface area (Å²) in [7, 11) is 1.89. The third-order valence-electron chi connectivity index (χ3n) is 4.58. The molecule has 2 heterocycles. The first-order chi connectivity index (χ1) is 12.0. The normalized spacial score (nSPS) is 15.8. The van der Waals surface area contributed by atoms with Gasteiger partial charge in [0.1, 0.15) is 5.82 Å². The van der Waals surface area contributed by atoms with E-state index < -0.39 is 0 Å². The van der Waals surface area contributed by atoms with E-state index in [1.807, 2.05) is 37.3 Å². The van der Waals surface area contributed by atoms with Gasteiger partial charge in [0.05, 0.1) is 6.20 Å². The van der Waals surface area contributed by atoms with Crippen molar-refractivity contribution >= 4 is 11.5 Å². The number of hydrogen-bond donors (Lipinski definition) is 0. The largest absolute Gasteiger partial charge is 0.338 e. The Bertz CT molecular complexity index is 781. The van der Waals surface area contributed by atoms with Crippen LogP contribution in [0.15, 0.2) is 42.7 Å². The van der Waals surface area contributed by atoms with Crippen molar-refractivity contribution < 1.29 is 9.18 Å². The Morgan fingerprint density at radius 1 is 1.40 bits per heavy atom. The smallest absolute Gasteiger partial charge is 0.223 e. The summed E-state index contributed by atoms with van der Waals surface area (Å²) in [6, 6.07) is 6.62. The summed E-state index contributed by atoms with van der Waals surface area (Å²) in [6.07, 6.45) is 8.07. The predicted molar refractivity (Wildman–Crippen MR) is 96.3 cm³/mol. The van der Waals surface area contributed by atoms with Crippen molar-refractivity contribution in [3.05, 3.63) is 59.7 Å². The highest BCUT2D eigenvalue weighted by Gasteiger charge is 2.21. The van der Waals surface area contributed by atoms with Crippen LogP contribution in [0.1, 0.15) is 30.9 Å². The van der Waals surface area contributed by atoms with Crippen molar-refractivity contribution in [3.8, 4) is 0 Å². The molecule has 1 aromatic heterocycles. The molecule has 25 heavy (non-hydrogen) atoms. The average Bonchev–Trinajstić information content (AvgIpc) is 3.01. The monoisotopic (exact) mass is 341 g/mol. The van der Waals surface area contributed by atoms with Crippen LogP contribution < -0.4 is 0 Å². The van der Waals surface area contributed by atoms with Crippen LogP contribution in [-0.4, -0.2) is 33.7 Å². The molecule has 5 heteroatoms. The molecule has 2 aromatic rings. The first kappa shape index (κ1) is 17.4. The lowest BCUT2D eigenvalue weighted by Gasteiger charge is -2.28. The van der Waals surface area contributed by atoms with Gasteiger partial charge in [0, 0.05) is 38.3 Å². The Kier molecular flexibility index (Phi) is 5.31. The first-order valence-corrected chi connectivity index (χ1v) is 8.71. The predicted octanol–water partition coefficient (Wildman–Crippen LogP) is 3.44. The number of nitrogens with zero attached hydrogens (tertiary/aromatic N) is 3. The molecule has 0 N–H and O–H groups in total. The topological polar surface area (TPSA) is 38.1 Å². The maximum Gasteiger partial charge on any atom is 0.223 e. The van der Waals surface area contributed by atoms with Crippen LogP contribution in [0.5, 0.6) is 0 Å². The Morgan fingerprint density at radius 3 is 2.96 bits per heavy atom. The van der Waals surface area contributed by atoms with Gasteiger partial charge in [0.25, 0.3) is 0 Å². The van der Waals surface area contributed by atoms with Gasteiger partial charge in [-0.1, -0.05) is 25.1 Å². The second-order valence-electron chi connectivity index (χ2n) is 6.88. The number of amides is 1. The Balaban J connectivity index is 1.57. The van der Waals surface area contributed by atoms with Gasteiger partial charge in [-0.15, -0.1) is 0 Å². The third-order valence-corrected chi connectivity index (χ3v) is 4.58. The van der Waals surface area contributed by atoms with Crippen LogP contribution in [0.25, 0.3) is 5.57 Å². The molecule has 1 atom stereocenters. The minimum absolute atomic E-state index is 0.165. The Morgan fingerprint density at radius 2 is 2.24 bits per heavy atom. The van der Waals surface area contributed by atoms with Gasteiger partial charge in [0.15, 0.2) is 0 Å². The molecule has 3 rings (SSSR count). The number of carbonyl (C=O) groups is 1. The molecule has 1 amide bonds. The fourth-order valence-electron chi connectivity index (χ4n) is 3.32. The maximum atomic E-state index is 13.3. The summed E-state index contributed by atoms with van der Waals surface area (Å²) in [5.41, 5.74) is 3.17. The minimum atomic E-state index is -0.224. The van der Waals surface area contributed by atoms with E-state index in [9.17, 15) is 9.18 Å². The van der Waals surface area contributed by atoms with E-state index in [1.54, 1.807) is 16.8 Å². The number of carbonyl (C=O) groups excluding carboxylic acids is 1. The second kappa shape index (κ2) is 7.64. The molecule has 1 unspecified atom stereocenters. The van der Waals surface area contributed by atoms with Crippen LogP contribution in [0, 0.1) is 11.7 Å². The summed E-state index contributed by atoms with van der Waals surface area (Å²) < 4.78 is 15.1. The van der Waals surface area contributed by atoms with E-state index in [4.69, 9.17) is 0 Å². The van der Waals surface area contributed by atoms with Crippen molar-refractivity contribution in [3.63, 3.8) is 0 Å². The summed E-state index contributed by atoms with van der Waals surface area (Å²) >= 11 is 0. The average molecular weight is 341 g/mol. The molecule has 0 bridgehead atoms. The molecule has 132 valence electrons. The van der Waals surface area contributed by atoms with Crippen molar-refractivity contribution in [1.29, 1.82) is 0 Å². The standard InChI is InChI=1S/C20H24FN3O/c1-15(9-16-5-3-7-19(21)11-16)10-20(25)24-8-4-6-17(14-24)18-12-22-23(2)13-18/h3,5-7,11-13,15H,4,8-10,14H2,1-2H3. The van der Waals surface area contributed by atoms with Crippen LogP contribution in [-0.2, 0) is 18.3 Å². The van der Waals surface area contributed by atoms with Crippen molar-refractivity contribution in [2.45, 2.75) is 26.2 Å². The first-order valence-electron chi connectivity index (χ1n) is 8.71. The minimum Gasteiger partial charge on any atom is -0.338 e. The fraction of sp³-hybridized carbons (Fsp3) is 0.400. The fourth-order valence-corrected chi connectivity index (χ4v) is 3.32. The van der Waals surface area contributed by atoms with Gasteiger partial charge in [0.2, 0.25) is 5.91 Å². The molecule has 1 aliphatic rings. The van der Waals surface area contributed by atoms with Crippen LogP contribution >= 0.6 is 0 Å². The van der Waals surface area contributed by atoms with E-state index in [0.717, 1.165) is 29.7 Å². The highest BCUT2D eigenvalue weighted by molar-refractivity contribution is 5.80. The number of benzene rings is 1. The van der Waals surface area contributed by atoms with E-state index in [0.29, 0.717) is 19.4 Å². The molecule has 0 radical (unpaired) electrons. The van der Waals surface area contributed by atoms with Gasteiger partial charge < -0.3 is 4.90 Å².